The molecular formula is C111H159BIN4NaO24-. The molecule has 6 N–H and O–H groups in total. The SMILES string of the molecule is C.C.C.C.C.C.C.CC(=O)OOC(C)=O.CC(=O)[O-].CCO.CCOC(=O)/C=C/c1ccc(C=O)cc1.CCOC(=O)/C=C/c1ccc(CN(C/C=C/c2ccccc2)CCOC)cc1.CCOC(=O)/C=C/c1ccc(CNCCOC)cc1.COCCN.COCCN(C/C=C/c1ccccc1)Cc1ccc(/C=C/C(=O)O)cc1.O=C/C=C/c1ccccc1.O=Cc1ccc(/C=C/C(=O)O)cc1.[2H][I-]C.[B].[Na+]. The first-order valence-corrected chi connectivity index (χ1v) is 44.1. The van der Waals surface area contributed by atoms with Gasteiger partial charge in [-0.2, -0.15) is 0 Å². The molecule has 8 rings (SSSR count). The minimum Gasteiger partial charge on any atom is 0 e. The number of aliphatic hydroxyl groups excluding tert-OH is 1. The molecule has 0 aliphatic rings. The van der Waals surface area contributed by atoms with Gasteiger partial charge >= 0.3 is 99.3 Å². The molecule has 0 heterocycles. The summed E-state index contributed by atoms with van der Waals surface area (Å²) in [4.78, 5) is 128. The zero-order valence-electron chi connectivity index (χ0n) is 80.5. The van der Waals surface area contributed by atoms with Gasteiger partial charge in [0, 0.05) is 164 Å². The standard InChI is InChI=1S/C24H29NO3.C22H25NO3.C15H21NO3.C12H12O3.C10H8O3.C9H8O.C4H6O4.C3H9NO.C2H4O2.C2H6O.CH4I.7CH4.B.Na/c1-3-28-24(26)16-15-22-11-13-23(14-12-22)20-25(18-19-27-2)17-7-10-21-8-5-4-6-9-21;1-26-17-16-23(15-5-8-19-6-3-2-4-7-19)18-21-11-9-20(10-12-21)13-14-22(24)25;1-3-19-15(17)9-8-13-4-6-14(7-5-13)12-16-10-11-18-2;1-2-15-12(14)8-7-10-3-5-11(9-13)6-4-10;11-7-9-3-1-8(2-4-9)5-6-10(12)13;10-8-4-7-9-5-2-1-3-6-9;1-3(5)7-8-4(2)6;1-5-3-2-4;1-2(3)4;1-2-3;1-2;;;;;;;;;/h4-16H,3,17-20H2,1-2H3;2-14H,15-18H2,1H3,(H,24,25);4-9,16H,3,10-12H2,1-2H3;3-9H,2H2,1H3;1-7H,(H,12,13);1-8H;1-2H3;2-4H2,1H3;1H3,(H,3,4);3H,2H2,1H3;2H,1H3;7*1H4;;/q;;;;;;;;;;-1;;;;;;;;;+1/p-1/b10-7+,16-15+;8-5+,14-13+;9-8+;8-7+;6-5+;7-4+;;;;;;;;;;;;;;/i;;;;;;;;;;2D;;;;;;;;;. The molecule has 0 saturated carbocycles. The summed E-state index contributed by atoms with van der Waals surface area (Å²) in [5.74, 6) is -5.28. The van der Waals surface area contributed by atoms with Crippen LogP contribution in [-0.4, -0.2) is 226 Å². The van der Waals surface area contributed by atoms with Crippen molar-refractivity contribution in [1.29, 1.82) is 0.594 Å². The van der Waals surface area contributed by atoms with Crippen LogP contribution in [0.15, 0.2) is 261 Å². The quantitative estimate of drug-likeness (QED) is 0.00227. The van der Waals surface area contributed by atoms with Crippen molar-refractivity contribution in [3.8, 4) is 0 Å². The average Bonchev–Trinajstić information content (AvgIpc) is 0.884. The molecule has 0 amide bonds. The normalized spacial score (nSPS) is 9.76. The number of methoxy groups -OCH3 is 4. The van der Waals surface area contributed by atoms with Crippen molar-refractivity contribution in [2.24, 2.45) is 5.73 Å². The second kappa shape index (κ2) is 111. The van der Waals surface area contributed by atoms with Gasteiger partial charge in [0.25, 0.3) is 0 Å². The predicted octanol–water partition coefficient (Wildman–Crippen LogP) is 12.3. The van der Waals surface area contributed by atoms with Crippen LogP contribution in [-0.2, 0) is 106 Å². The second-order valence-electron chi connectivity index (χ2n) is 26.3. The van der Waals surface area contributed by atoms with Crippen LogP contribution in [0.25, 0.3) is 48.6 Å². The Bertz CT molecular complexity index is 4670. The number of nitrogens with zero attached hydrogens (tertiary/aromatic N) is 2. The van der Waals surface area contributed by atoms with E-state index in [9.17, 15) is 47.9 Å². The number of aliphatic carboxylic acids is 3. The maximum atomic E-state index is 11.4. The number of carbonyl (C=O) groups is 11. The molecule has 31 heteroatoms. The Morgan fingerprint density at radius 3 is 0.901 bits per heavy atom. The zero-order valence-corrected chi connectivity index (χ0v) is 83.7. The molecule has 0 aliphatic carbocycles. The van der Waals surface area contributed by atoms with Gasteiger partial charge in [0.15, 0.2) is 0 Å². The summed E-state index contributed by atoms with van der Waals surface area (Å²) < 4.78 is 40.7. The number of esters is 3. The van der Waals surface area contributed by atoms with Gasteiger partial charge in [-0.15, -0.1) is 0 Å². The van der Waals surface area contributed by atoms with Crippen molar-refractivity contribution >= 4 is 124 Å². The van der Waals surface area contributed by atoms with E-state index in [0.717, 1.165) is 138 Å². The Morgan fingerprint density at radius 1 is 0.408 bits per heavy atom. The number of hydrogen-bond acceptors (Lipinski definition) is 26. The molecule has 0 saturated heterocycles. The number of nitrogens with one attached hydrogen (secondary N) is 1. The number of aldehydes is 3. The number of alkyl halides is 1. The van der Waals surface area contributed by atoms with Crippen LogP contribution >= 0.6 is 0 Å². The molecule has 0 atom stereocenters. The second-order valence-corrected chi connectivity index (χ2v) is 26.3. The van der Waals surface area contributed by atoms with Gasteiger partial charge in [-0.3, -0.25) is 24.2 Å². The van der Waals surface area contributed by atoms with E-state index in [-0.39, 0.29) is 137 Å². The number of ether oxygens (including phenoxy) is 7. The number of aliphatic hydroxyl groups is 1. The third-order valence-corrected chi connectivity index (χ3v) is 15.6. The van der Waals surface area contributed by atoms with Crippen LogP contribution in [0.3, 0.4) is 0 Å². The van der Waals surface area contributed by atoms with E-state index in [1.807, 2.05) is 132 Å². The molecule has 8 aromatic rings. The first-order valence-electron chi connectivity index (χ1n) is 42.3. The van der Waals surface area contributed by atoms with Crippen LogP contribution < -0.4 is 68.1 Å². The summed E-state index contributed by atoms with van der Waals surface area (Å²) in [6.45, 7) is 21.7. The van der Waals surface area contributed by atoms with E-state index >= 15 is 0 Å². The molecular weight excluding hydrogens is 1930 g/mol. The Balaban J connectivity index is -0.000000139. The Kier molecular flexibility index (Phi) is 119. The summed E-state index contributed by atoms with van der Waals surface area (Å²) in [5, 5.41) is 36.7. The fourth-order valence-electron chi connectivity index (χ4n) is 9.57. The molecule has 0 fully saturated rings. The number of carboxylic acid groups (broad SMARTS) is 3. The smallest absolute Gasteiger partial charge is 0 e. The molecule has 779 valence electrons. The summed E-state index contributed by atoms with van der Waals surface area (Å²) in [5.41, 5.74) is 17.7. The van der Waals surface area contributed by atoms with E-state index in [4.69, 9.17) is 60.0 Å². The van der Waals surface area contributed by atoms with Crippen molar-refractivity contribution in [3.05, 3.63) is 333 Å². The summed E-state index contributed by atoms with van der Waals surface area (Å²) in [6, 6.07) is 67.9. The van der Waals surface area contributed by atoms with E-state index < -0.39 is 29.8 Å². The fraction of sp³-hybridized carbons (Fsp3) is 0.324. The minimum atomic E-state index is -1.08. The molecule has 142 heavy (non-hydrogen) atoms. The van der Waals surface area contributed by atoms with Crippen molar-refractivity contribution in [2.45, 2.75) is 120 Å². The van der Waals surface area contributed by atoms with Crippen molar-refractivity contribution in [3.63, 3.8) is 0 Å². The molecule has 0 spiro atoms. The Morgan fingerprint density at radius 2 is 0.662 bits per heavy atom. The van der Waals surface area contributed by atoms with E-state index in [1.54, 1.807) is 135 Å². The number of rotatable bonds is 40. The zero-order chi connectivity index (χ0) is 100. The van der Waals surface area contributed by atoms with Crippen LogP contribution in [0.1, 0.15) is 182 Å². The van der Waals surface area contributed by atoms with Crippen LogP contribution in [0.2, 0.25) is 0 Å². The van der Waals surface area contributed by atoms with E-state index in [1.165, 1.54) is 58.2 Å². The first-order chi connectivity index (χ1) is 64.6. The number of hydrogen-bond donors (Lipinski definition) is 5. The van der Waals surface area contributed by atoms with Gasteiger partial charge in [0.05, 0.1) is 46.2 Å². The number of benzene rings is 8. The van der Waals surface area contributed by atoms with Gasteiger partial charge in [-0.25, -0.2) is 43.3 Å². The number of carboxylic acids is 3. The van der Waals surface area contributed by atoms with Crippen molar-refractivity contribution in [2.75, 3.05) is 125 Å². The molecule has 0 unspecified atom stereocenters. The van der Waals surface area contributed by atoms with Crippen molar-refractivity contribution < 1.29 is 168 Å². The molecule has 3 radical (unpaired) electrons. The molecule has 0 aromatic heterocycles. The number of nitrogens with two attached hydrogens (primary N) is 1. The van der Waals surface area contributed by atoms with Crippen molar-refractivity contribution in [1.82, 2.24) is 15.1 Å². The van der Waals surface area contributed by atoms with Gasteiger partial charge in [-0.05, 0) is 132 Å². The number of halogens is 1. The Hall–Kier alpha value is -12.1. The number of carbonyl (C=O) groups excluding carboxylic acids is 9. The maximum absolute atomic E-state index is 11.4. The Labute approximate surface area is 885 Å². The molecule has 8 aromatic carbocycles. The van der Waals surface area contributed by atoms with Gasteiger partial charge in [0.1, 0.15) is 18.9 Å². The van der Waals surface area contributed by atoms with Crippen LogP contribution in [0, 0.1) is 0 Å². The summed E-state index contributed by atoms with van der Waals surface area (Å²) in [6.07, 6.45) is 28.8. The first kappa shape index (κ1) is 153. The van der Waals surface area contributed by atoms with E-state index in [0.29, 0.717) is 63.9 Å². The largest absolute Gasteiger partial charge is 1.00 e. The van der Waals surface area contributed by atoms with E-state index in [2.05, 4.69) is 90.3 Å². The van der Waals surface area contributed by atoms with Gasteiger partial charge < -0.3 is 69.4 Å². The van der Waals surface area contributed by atoms with Gasteiger partial charge in [0.2, 0.25) is 0 Å². The van der Waals surface area contributed by atoms with Crippen LogP contribution in [0.5, 0.6) is 0 Å². The fourth-order valence-corrected chi connectivity index (χ4v) is 9.57. The number of allylic oxidation sites excluding steroid dienone is 1. The minimum absolute atomic E-state index is 0. The topological polar surface area (TPSA) is 399 Å². The van der Waals surface area contributed by atoms with Crippen LogP contribution in [0.4, 0.5) is 0 Å². The average molecular weight is 2100 g/mol. The summed E-state index contributed by atoms with van der Waals surface area (Å²) >= 11 is -0.160. The summed E-state index contributed by atoms with van der Waals surface area (Å²) in [7, 11) is 6.75. The molecule has 28 nitrogen and oxygen atoms in total. The predicted molar refractivity (Wildman–Crippen MR) is 572 cm³/mol. The third kappa shape index (κ3) is 98.1. The maximum Gasteiger partial charge on any atom is 1.00 e. The monoisotopic (exact) mass is 2090 g/mol. The van der Waals surface area contributed by atoms with Gasteiger partial charge in [-0.1, -0.05) is 295 Å². The third-order valence-electron chi connectivity index (χ3n) is 15.6. The molecule has 0 bridgehead atoms. The molecule has 0 aliphatic heterocycles.